The zero-order valence-electron chi connectivity index (χ0n) is 12.8. The van der Waals surface area contributed by atoms with Gasteiger partial charge < -0.3 is 5.32 Å². The van der Waals surface area contributed by atoms with Crippen LogP contribution >= 0.6 is 11.6 Å². The number of fused-ring (bicyclic) bond motifs is 3. The Hall–Kier alpha value is -2.59. The third-order valence-electron chi connectivity index (χ3n) is 3.93. The Bertz CT molecular complexity index is 1010. The average molecular weight is 323 g/mol. The molecule has 2 aromatic carbocycles. The van der Waals surface area contributed by atoms with E-state index in [0.717, 1.165) is 39.2 Å². The molecule has 0 fully saturated rings. The van der Waals surface area contributed by atoms with Gasteiger partial charge in [0.25, 0.3) is 0 Å². The second-order valence-corrected chi connectivity index (χ2v) is 6.07. The molecule has 0 saturated carbocycles. The fraction of sp³-hybridized carbons (Fsp3) is 0.111. The van der Waals surface area contributed by atoms with Crippen LogP contribution in [0, 0.1) is 13.8 Å². The van der Waals surface area contributed by atoms with E-state index in [1.54, 1.807) is 12.5 Å². The van der Waals surface area contributed by atoms with Crippen molar-refractivity contribution in [3.05, 3.63) is 65.1 Å². The van der Waals surface area contributed by atoms with Gasteiger partial charge >= 0.3 is 0 Å². The van der Waals surface area contributed by atoms with Gasteiger partial charge in [0, 0.05) is 0 Å². The third-order valence-corrected chi connectivity index (χ3v) is 4.23. The van der Waals surface area contributed by atoms with Gasteiger partial charge in [0.2, 0.25) is 0 Å². The Morgan fingerprint density at radius 2 is 1.91 bits per heavy atom. The van der Waals surface area contributed by atoms with Crippen molar-refractivity contribution in [2.24, 2.45) is 0 Å². The van der Waals surface area contributed by atoms with Crippen molar-refractivity contribution in [2.75, 3.05) is 5.32 Å². The van der Waals surface area contributed by atoms with Crippen LogP contribution in [-0.4, -0.2) is 14.4 Å². The molecule has 4 nitrogen and oxygen atoms in total. The predicted octanol–water partition coefficient (Wildman–Crippen LogP) is 4.90. The van der Waals surface area contributed by atoms with Crippen LogP contribution < -0.4 is 5.32 Å². The summed E-state index contributed by atoms with van der Waals surface area (Å²) in [5, 5.41) is 4.07. The number of rotatable bonds is 2. The second kappa shape index (κ2) is 5.25. The predicted molar refractivity (Wildman–Crippen MR) is 94.7 cm³/mol. The monoisotopic (exact) mass is 322 g/mol. The minimum absolute atomic E-state index is 0.690. The van der Waals surface area contributed by atoms with Gasteiger partial charge in [-0.1, -0.05) is 29.8 Å². The summed E-state index contributed by atoms with van der Waals surface area (Å²) in [5.41, 5.74) is 5.95. The summed E-state index contributed by atoms with van der Waals surface area (Å²) in [7, 11) is 0. The fourth-order valence-electron chi connectivity index (χ4n) is 2.89. The van der Waals surface area contributed by atoms with Crippen LogP contribution in [0.25, 0.3) is 16.6 Å². The van der Waals surface area contributed by atoms with Crippen molar-refractivity contribution in [3.63, 3.8) is 0 Å². The van der Waals surface area contributed by atoms with Gasteiger partial charge in [-0.25, -0.2) is 9.97 Å². The highest BCUT2D eigenvalue weighted by Crippen LogP contribution is 2.32. The normalized spacial score (nSPS) is 11.3. The molecule has 0 spiro atoms. The lowest BCUT2D eigenvalue weighted by molar-refractivity contribution is 1.19. The summed E-state index contributed by atoms with van der Waals surface area (Å²) in [4.78, 5) is 9.01. The molecule has 0 amide bonds. The van der Waals surface area contributed by atoms with Crippen molar-refractivity contribution in [3.8, 4) is 0 Å². The first-order valence-electron chi connectivity index (χ1n) is 7.38. The smallest absolute Gasteiger partial charge is 0.157 e. The van der Waals surface area contributed by atoms with E-state index in [2.05, 4.69) is 16.4 Å². The molecule has 0 aliphatic carbocycles. The maximum absolute atomic E-state index is 6.42. The van der Waals surface area contributed by atoms with E-state index < -0.39 is 0 Å². The first-order chi connectivity index (χ1) is 11.1. The topological polar surface area (TPSA) is 42.2 Å². The Morgan fingerprint density at radius 1 is 1.09 bits per heavy atom. The van der Waals surface area contributed by atoms with Crippen LogP contribution in [0.3, 0.4) is 0 Å². The number of para-hydroxylation sites is 2. The lowest BCUT2D eigenvalue weighted by Crippen LogP contribution is -2.01. The molecule has 23 heavy (non-hydrogen) atoms. The minimum atomic E-state index is 0.690. The van der Waals surface area contributed by atoms with Crippen LogP contribution in [-0.2, 0) is 0 Å². The highest BCUT2D eigenvalue weighted by Gasteiger charge is 2.12. The van der Waals surface area contributed by atoms with Crippen LogP contribution in [0.5, 0.6) is 0 Å². The second-order valence-electron chi connectivity index (χ2n) is 5.66. The first-order valence-corrected chi connectivity index (χ1v) is 7.76. The van der Waals surface area contributed by atoms with Gasteiger partial charge in [-0.2, -0.15) is 0 Å². The number of anilines is 2. The largest absolute Gasteiger partial charge is 0.337 e. The number of hydrogen-bond acceptors (Lipinski definition) is 3. The summed E-state index contributed by atoms with van der Waals surface area (Å²) in [6, 6.07) is 12.0. The molecule has 114 valence electrons. The van der Waals surface area contributed by atoms with E-state index >= 15 is 0 Å². The summed E-state index contributed by atoms with van der Waals surface area (Å²) >= 11 is 6.42. The Labute approximate surface area is 138 Å². The number of aromatic nitrogens is 3. The van der Waals surface area contributed by atoms with Gasteiger partial charge in [0.15, 0.2) is 5.82 Å². The first kappa shape index (κ1) is 14.0. The Morgan fingerprint density at radius 3 is 2.74 bits per heavy atom. The number of hydrogen-bond donors (Lipinski definition) is 1. The summed E-state index contributed by atoms with van der Waals surface area (Å²) in [5.74, 6) is 0.745. The van der Waals surface area contributed by atoms with Crippen molar-refractivity contribution in [1.29, 1.82) is 0 Å². The molecule has 0 atom stereocenters. The SMILES string of the molecule is Cc1cc(C)c(Nc2nc3ccccc3n3cncc23)c(Cl)c1. The minimum Gasteiger partial charge on any atom is -0.337 e. The third kappa shape index (κ3) is 2.32. The zero-order valence-corrected chi connectivity index (χ0v) is 13.6. The van der Waals surface area contributed by atoms with Crippen LogP contribution in [0.4, 0.5) is 11.5 Å². The molecule has 0 radical (unpaired) electrons. The molecule has 5 heteroatoms. The number of imidazole rings is 1. The summed E-state index contributed by atoms with van der Waals surface area (Å²) in [6.07, 6.45) is 3.60. The van der Waals surface area contributed by atoms with Crippen molar-refractivity contribution < 1.29 is 0 Å². The molecule has 4 aromatic rings. The quantitative estimate of drug-likeness (QED) is 0.571. The average Bonchev–Trinajstić information content (AvgIpc) is 3.00. The van der Waals surface area contributed by atoms with Crippen molar-refractivity contribution >= 4 is 39.7 Å². The van der Waals surface area contributed by atoms with Gasteiger partial charge in [0.1, 0.15) is 5.52 Å². The number of halogens is 1. The van der Waals surface area contributed by atoms with Crippen molar-refractivity contribution in [1.82, 2.24) is 14.4 Å². The van der Waals surface area contributed by atoms with E-state index in [9.17, 15) is 0 Å². The standard InChI is InChI=1S/C18H15ClN4/c1-11-7-12(2)17(13(19)8-11)22-18-16-9-20-10-23(16)15-6-4-3-5-14(15)21-18/h3-10H,1-2H3,(H,21,22). The molecule has 1 N–H and O–H groups in total. The van der Waals surface area contributed by atoms with E-state index in [1.807, 2.05) is 48.6 Å². The van der Waals surface area contributed by atoms with E-state index in [1.165, 1.54) is 0 Å². The fourth-order valence-corrected chi connectivity index (χ4v) is 3.26. The highest BCUT2D eigenvalue weighted by atomic mass is 35.5. The molecule has 2 heterocycles. The van der Waals surface area contributed by atoms with E-state index in [4.69, 9.17) is 16.6 Å². The summed E-state index contributed by atoms with van der Waals surface area (Å²) in [6.45, 7) is 4.07. The molecule has 2 aromatic heterocycles. The number of aryl methyl sites for hydroxylation is 2. The van der Waals surface area contributed by atoms with Crippen LogP contribution in [0.15, 0.2) is 48.9 Å². The Kier molecular flexibility index (Phi) is 3.20. The lowest BCUT2D eigenvalue weighted by Gasteiger charge is -2.14. The van der Waals surface area contributed by atoms with E-state index in [-0.39, 0.29) is 0 Å². The van der Waals surface area contributed by atoms with Crippen LogP contribution in [0.1, 0.15) is 11.1 Å². The molecule has 4 rings (SSSR count). The van der Waals surface area contributed by atoms with Gasteiger partial charge in [-0.3, -0.25) is 4.40 Å². The van der Waals surface area contributed by atoms with Crippen molar-refractivity contribution in [2.45, 2.75) is 13.8 Å². The van der Waals surface area contributed by atoms with Crippen LogP contribution in [0.2, 0.25) is 5.02 Å². The number of nitrogens with zero attached hydrogens (tertiary/aromatic N) is 3. The maximum Gasteiger partial charge on any atom is 0.157 e. The molecular formula is C18H15ClN4. The Balaban J connectivity index is 1.93. The molecule has 0 aliphatic heterocycles. The lowest BCUT2D eigenvalue weighted by atomic mass is 10.1. The summed E-state index contributed by atoms with van der Waals surface area (Å²) < 4.78 is 2.03. The zero-order chi connectivity index (χ0) is 16.0. The highest BCUT2D eigenvalue weighted by molar-refractivity contribution is 6.33. The molecular weight excluding hydrogens is 308 g/mol. The molecule has 0 bridgehead atoms. The number of benzene rings is 2. The van der Waals surface area contributed by atoms with E-state index in [0.29, 0.717) is 5.02 Å². The van der Waals surface area contributed by atoms with Gasteiger partial charge in [0.05, 0.1) is 34.3 Å². The molecule has 0 aliphatic rings. The van der Waals surface area contributed by atoms with Gasteiger partial charge in [-0.15, -0.1) is 0 Å². The maximum atomic E-state index is 6.42. The van der Waals surface area contributed by atoms with Gasteiger partial charge in [-0.05, 0) is 43.2 Å². The molecule has 0 saturated heterocycles. The number of nitrogens with one attached hydrogen (secondary N) is 1. The molecule has 0 unspecified atom stereocenters.